The van der Waals surface area contributed by atoms with E-state index in [9.17, 15) is 20.4 Å². The average Bonchev–Trinajstić information content (AvgIpc) is 3.11. The number of aliphatic hydroxyl groups excluding tert-OH is 4. The van der Waals surface area contributed by atoms with Crippen LogP contribution in [-0.2, 0) is 9.47 Å². The Labute approximate surface area is 192 Å². The molecule has 5 aliphatic rings. The first kappa shape index (κ1) is 23.3. The van der Waals surface area contributed by atoms with Crippen molar-refractivity contribution in [2.24, 2.45) is 29.1 Å². The Balaban J connectivity index is 1.38. The lowest BCUT2D eigenvalue weighted by atomic mass is 9.50. The highest BCUT2D eigenvalue weighted by Gasteiger charge is 2.64. The molecule has 0 aromatic heterocycles. The molecular formula is C26H42O6. The van der Waals surface area contributed by atoms with Gasteiger partial charge in [0, 0.05) is 0 Å². The van der Waals surface area contributed by atoms with Gasteiger partial charge >= 0.3 is 0 Å². The lowest BCUT2D eigenvalue weighted by Crippen LogP contribution is -2.62. The number of ether oxygens (including phenoxy) is 2. The van der Waals surface area contributed by atoms with E-state index in [0.29, 0.717) is 5.92 Å². The van der Waals surface area contributed by atoms with Gasteiger partial charge in [0.1, 0.15) is 24.4 Å². The summed E-state index contributed by atoms with van der Waals surface area (Å²) in [4.78, 5) is 0. The highest BCUT2D eigenvalue weighted by atomic mass is 16.7. The predicted octanol–water partition coefficient (Wildman–Crippen LogP) is 2.91. The zero-order valence-electron chi connectivity index (χ0n) is 19.7. The third-order valence-electron chi connectivity index (χ3n) is 10.4. The van der Waals surface area contributed by atoms with Crippen molar-refractivity contribution >= 4 is 0 Å². The molecule has 0 bridgehead atoms. The monoisotopic (exact) mass is 450 g/mol. The molecular weight excluding hydrogens is 408 g/mol. The van der Waals surface area contributed by atoms with Crippen LogP contribution in [0.25, 0.3) is 0 Å². The summed E-state index contributed by atoms with van der Waals surface area (Å²) in [7, 11) is 0. The molecule has 1 aliphatic heterocycles. The van der Waals surface area contributed by atoms with Crippen molar-refractivity contribution < 1.29 is 29.9 Å². The van der Waals surface area contributed by atoms with Crippen molar-refractivity contribution in [3.63, 3.8) is 0 Å². The summed E-state index contributed by atoms with van der Waals surface area (Å²) in [5.41, 5.74) is 1.30. The molecule has 6 heteroatoms. The molecule has 0 amide bonds. The van der Waals surface area contributed by atoms with Crippen LogP contribution in [0, 0.1) is 29.1 Å². The third kappa shape index (κ3) is 3.36. The fourth-order valence-electron chi connectivity index (χ4n) is 8.64. The Morgan fingerprint density at radius 2 is 1.84 bits per heavy atom. The van der Waals surface area contributed by atoms with Crippen LogP contribution in [0.5, 0.6) is 0 Å². The molecule has 6 nitrogen and oxygen atoms in total. The molecule has 0 aromatic carbocycles. The van der Waals surface area contributed by atoms with Gasteiger partial charge in [0.25, 0.3) is 0 Å². The molecule has 3 saturated carbocycles. The quantitative estimate of drug-likeness (QED) is 0.492. The summed E-state index contributed by atoms with van der Waals surface area (Å²) in [6.45, 7) is 4.12. The summed E-state index contributed by atoms with van der Waals surface area (Å²) in [5, 5.41) is 40.7. The summed E-state index contributed by atoms with van der Waals surface area (Å²) in [6.07, 6.45) is 8.21. The van der Waals surface area contributed by atoms with Gasteiger partial charge in [-0.05, 0) is 93.3 Å². The lowest BCUT2D eigenvalue weighted by molar-refractivity contribution is -0.341. The van der Waals surface area contributed by atoms with Crippen molar-refractivity contribution in [2.45, 2.75) is 114 Å². The number of aliphatic hydroxyl groups is 4. The maximum atomic E-state index is 10.6. The largest absolute Gasteiger partial charge is 0.394 e. The van der Waals surface area contributed by atoms with E-state index < -0.39 is 42.9 Å². The van der Waals surface area contributed by atoms with Crippen molar-refractivity contribution in [2.75, 3.05) is 6.61 Å². The third-order valence-corrected chi connectivity index (χ3v) is 10.4. The number of allylic oxidation sites excluding steroid dienone is 2. The molecule has 0 radical (unpaired) electrons. The molecule has 4 fully saturated rings. The van der Waals surface area contributed by atoms with Crippen LogP contribution in [0.15, 0.2) is 11.6 Å². The van der Waals surface area contributed by atoms with Gasteiger partial charge in [-0.1, -0.05) is 25.5 Å². The Morgan fingerprint density at radius 1 is 1.03 bits per heavy atom. The first-order chi connectivity index (χ1) is 15.3. The second kappa shape index (κ2) is 8.62. The fraction of sp³-hybridized carbons (Fsp3) is 0.923. The van der Waals surface area contributed by atoms with Gasteiger partial charge in [-0.15, -0.1) is 0 Å². The van der Waals surface area contributed by atoms with Gasteiger partial charge < -0.3 is 29.9 Å². The normalized spacial score (nSPS) is 53.2. The highest BCUT2D eigenvalue weighted by Crippen LogP contribution is 2.66. The van der Waals surface area contributed by atoms with E-state index in [1.165, 1.54) is 38.5 Å². The first-order valence-corrected chi connectivity index (χ1v) is 13.0. The molecule has 0 spiro atoms. The van der Waals surface area contributed by atoms with Crippen LogP contribution >= 0.6 is 0 Å². The molecule has 11 atom stereocenters. The zero-order valence-corrected chi connectivity index (χ0v) is 19.7. The van der Waals surface area contributed by atoms with Crippen molar-refractivity contribution in [1.29, 1.82) is 0 Å². The maximum Gasteiger partial charge on any atom is 0.187 e. The Morgan fingerprint density at radius 3 is 2.59 bits per heavy atom. The summed E-state index contributed by atoms with van der Waals surface area (Å²) in [6, 6.07) is 0. The maximum absolute atomic E-state index is 10.6. The zero-order chi connectivity index (χ0) is 22.7. The lowest BCUT2D eigenvalue weighted by Gasteiger charge is -2.57. The Bertz CT molecular complexity index is 723. The van der Waals surface area contributed by atoms with E-state index in [0.717, 1.165) is 43.4 Å². The minimum absolute atomic E-state index is 0.00237. The topological polar surface area (TPSA) is 99.4 Å². The Kier molecular flexibility index (Phi) is 6.26. The van der Waals surface area contributed by atoms with E-state index in [-0.39, 0.29) is 5.41 Å². The van der Waals surface area contributed by atoms with Crippen molar-refractivity contribution in [3.8, 4) is 0 Å². The molecule has 0 unspecified atom stereocenters. The first-order valence-electron chi connectivity index (χ1n) is 13.0. The highest BCUT2D eigenvalue weighted by molar-refractivity contribution is 5.20. The van der Waals surface area contributed by atoms with Gasteiger partial charge in [-0.2, -0.15) is 0 Å². The Hall–Kier alpha value is -0.500. The summed E-state index contributed by atoms with van der Waals surface area (Å²) in [5.74, 6) is 2.93. The second-order valence-electron chi connectivity index (χ2n) is 11.4. The molecule has 182 valence electrons. The van der Waals surface area contributed by atoms with Gasteiger partial charge in [-0.3, -0.25) is 0 Å². The molecule has 4 N–H and O–H groups in total. The number of hydrogen-bond donors (Lipinski definition) is 4. The standard InChI is InChI=1S/C26H42O6/c1-3-26(32-24-23(30)22(29)21(28)20(14-27)31-24)13-11-19-18-9-8-15-6-4-5-7-16(15)17(18)10-12-25(19,26)2/h6,16-24,27-30H,3-5,7-14H2,1-2H3/t16-,17+,18+,19-,20-,21-,22+,23-,24+,25-,26-/m0/s1. The van der Waals surface area contributed by atoms with Crippen LogP contribution in [0.3, 0.4) is 0 Å². The fourth-order valence-corrected chi connectivity index (χ4v) is 8.64. The van der Waals surface area contributed by atoms with Crippen LogP contribution in [0.2, 0.25) is 0 Å². The smallest absolute Gasteiger partial charge is 0.187 e. The average molecular weight is 451 g/mol. The second-order valence-corrected chi connectivity index (χ2v) is 11.4. The van der Waals surface area contributed by atoms with Crippen molar-refractivity contribution in [3.05, 3.63) is 11.6 Å². The van der Waals surface area contributed by atoms with Gasteiger partial charge in [0.15, 0.2) is 6.29 Å². The SMILES string of the molecule is CC[C@]1(O[C@H]2O[C@@H](CO)[C@H](O)[C@@H](O)[C@@H]2O)CC[C@H]2[C@@H]3CCC4=CCCC[C@@H]4[C@H]3CC[C@@]21C. The molecule has 32 heavy (non-hydrogen) atoms. The number of rotatable bonds is 4. The van der Waals surface area contributed by atoms with E-state index >= 15 is 0 Å². The molecule has 4 aliphatic carbocycles. The van der Waals surface area contributed by atoms with Gasteiger partial charge in [0.05, 0.1) is 12.2 Å². The molecule has 5 rings (SSSR count). The molecule has 0 aromatic rings. The summed E-state index contributed by atoms with van der Waals surface area (Å²) < 4.78 is 12.4. The van der Waals surface area contributed by atoms with Crippen LogP contribution in [-0.4, -0.2) is 63.3 Å². The van der Waals surface area contributed by atoms with Crippen LogP contribution in [0.4, 0.5) is 0 Å². The minimum atomic E-state index is -1.39. The van der Waals surface area contributed by atoms with E-state index in [1.54, 1.807) is 5.57 Å². The van der Waals surface area contributed by atoms with Crippen molar-refractivity contribution in [1.82, 2.24) is 0 Å². The summed E-state index contributed by atoms with van der Waals surface area (Å²) >= 11 is 0. The molecule has 1 heterocycles. The van der Waals surface area contributed by atoms with E-state index in [4.69, 9.17) is 9.47 Å². The number of fused-ring (bicyclic) bond motifs is 5. The van der Waals surface area contributed by atoms with E-state index in [1.807, 2.05) is 0 Å². The van der Waals surface area contributed by atoms with Gasteiger partial charge in [-0.25, -0.2) is 0 Å². The van der Waals surface area contributed by atoms with Crippen LogP contribution in [0.1, 0.15) is 78.1 Å². The predicted molar refractivity (Wildman–Crippen MR) is 120 cm³/mol. The van der Waals surface area contributed by atoms with E-state index in [2.05, 4.69) is 19.9 Å². The van der Waals surface area contributed by atoms with Gasteiger partial charge in [0.2, 0.25) is 0 Å². The van der Waals surface area contributed by atoms with Crippen LogP contribution < -0.4 is 0 Å². The number of hydrogen-bond acceptors (Lipinski definition) is 6. The molecule has 1 saturated heterocycles. The minimum Gasteiger partial charge on any atom is -0.394 e.